The zero-order chi connectivity index (χ0) is 10.6. The molecule has 0 radical (unpaired) electrons. The summed E-state index contributed by atoms with van der Waals surface area (Å²) in [6, 6.07) is 7.80. The van der Waals surface area contributed by atoms with Crippen LogP contribution in [0.2, 0.25) is 0 Å². The van der Waals surface area contributed by atoms with Crippen molar-refractivity contribution in [2.45, 2.75) is 4.90 Å². The lowest BCUT2D eigenvalue weighted by molar-refractivity contribution is -0.113. The van der Waals surface area contributed by atoms with Gasteiger partial charge in [-0.05, 0) is 12.1 Å². The van der Waals surface area contributed by atoms with Gasteiger partial charge in [-0.25, -0.2) is 8.42 Å². The molecule has 74 valence electrons. The topological polar surface area (TPSA) is 77.2 Å². The molecule has 0 fully saturated rings. The van der Waals surface area contributed by atoms with Crippen LogP contribution in [-0.4, -0.2) is 14.3 Å². The van der Waals surface area contributed by atoms with Gasteiger partial charge in [0, 0.05) is 11.5 Å². The van der Waals surface area contributed by atoms with Crippen molar-refractivity contribution in [3.8, 4) is 0 Å². The molecule has 14 heavy (non-hydrogen) atoms. The van der Waals surface area contributed by atoms with Crippen molar-refractivity contribution in [2.75, 3.05) is 0 Å². The molecular formula is C9H9NO3S. The van der Waals surface area contributed by atoms with Crippen molar-refractivity contribution < 1.29 is 13.2 Å². The fourth-order valence-electron chi connectivity index (χ4n) is 0.845. The third-order valence-electron chi connectivity index (χ3n) is 1.48. The first kappa shape index (κ1) is 10.5. The average molecular weight is 211 g/mol. The van der Waals surface area contributed by atoms with Crippen LogP contribution in [0.15, 0.2) is 46.7 Å². The molecule has 0 aromatic heterocycles. The highest BCUT2D eigenvalue weighted by atomic mass is 32.2. The Kier molecular flexibility index (Phi) is 3.03. The standard InChI is InChI=1S/C9H9NO3S/c10-9(11)6-7-14(12,13)8-4-2-1-3-5-8/h1-7H,(H2,10,11)/b7-6+. The zero-order valence-corrected chi connectivity index (χ0v) is 8.07. The van der Waals surface area contributed by atoms with E-state index < -0.39 is 15.7 Å². The summed E-state index contributed by atoms with van der Waals surface area (Å²) in [7, 11) is -3.54. The van der Waals surface area contributed by atoms with Crippen molar-refractivity contribution >= 4 is 15.7 Å². The quantitative estimate of drug-likeness (QED) is 0.738. The van der Waals surface area contributed by atoms with Crippen LogP contribution >= 0.6 is 0 Å². The number of benzene rings is 1. The molecule has 0 saturated heterocycles. The Morgan fingerprint density at radius 1 is 1.21 bits per heavy atom. The number of rotatable bonds is 3. The molecule has 4 nitrogen and oxygen atoms in total. The maximum Gasteiger partial charge on any atom is 0.242 e. The monoisotopic (exact) mass is 211 g/mol. The molecule has 0 spiro atoms. The number of hydrogen-bond acceptors (Lipinski definition) is 3. The fourth-order valence-corrected chi connectivity index (χ4v) is 1.85. The molecule has 0 aliphatic carbocycles. The minimum absolute atomic E-state index is 0.137. The maximum absolute atomic E-state index is 11.4. The minimum atomic E-state index is -3.54. The minimum Gasteiger partial charge on any atom is -0.366 e. The van der Waals surface area contributed by atoms with Crippen LogP contribution in [0.25, 0.3) is 0 Å². The first-order valence-electron chi connectivity index (χ1n) is 3.80. The van der Waals surface area contributed by atoms with E-state index in [0.29, 0.717) is 0 Å². The highest BCUT2D eigenvalue weighted by molar-refractivity contribution is 7.94. The summed E-state index contributed by atoms with van der Waals surface area (Å²) in [5.41, 5.74) is 4.79. The second-order valence-electron chi connectivity index (χ2n) is 2.56. The highest BCUT2D eigenvalue weighted by Crippen LogP contribution is 2.10. The van der Waals surface area contributed by atoms with E-state index in [1.54, 1.807) is 18.2 Å². The van der Waals surface area contributed by atoms with Gasteiger partial charge < -0.3 is 5.73 Å². The van der Waals surface area contributed by atoms with Gasteiger partial charge in [-0.3, -0.25) is 4.79 Å². The van der Waals surface area contributed by atoms with Crippen LogP contribution in [0.1, 0.15) is 0 Å². The van der Waals surface area contributed by atoms with E-state index in [4.69, 9.17) is 5.73 Å². The van der Waals surface area contributed by atoms with Gasteiger partial charge in [0.25, 0.3) is 0 Å². The van der Waals surface area contributed by atoms with E-state index in [9.17, 15) is 13.2 Å². The van der Waals surface area contributed by atoms with E-state index >= 15 is 0 Å². The Balaban J connectivity index is 3.05. The van der Waals surface area contributed by atoms with Gasteiger partial charge in [0.2, 0.25) is 5.91 Å². The molecule has 0 aliphatic rings. The van der Waals surface area contributed by atoms with Crippen molar-refractivity contribution in [2.24, 2.45) is 5.73 Å². The molecule has 2 N–H and O–H groups in total. The predicted molar refractivity (Wildman–Crippen MR) is 52.0 cm³/mol. The molecule has 1 rings (SSSR count). The van der Waals surface area contributed by atoms with Gasteiger partial charge >= 0.3 is 0 Å². The second kappa shape index (κ2) is 4.06. The van der Waals surface area contributed by atoms with E-state index in [0.717, 1.165) is 11.5 Å². The largest absolute Gasteiger partial charge is 0.366 e. The van der Waals surface area contributed by atoms with Crippen LogP contribution in [0.5, 0.6) is 0 Å². The van der Waals surface area contributed by atoms with Crippen LogP contribution in [0.4, 0.5) is 0 Å². The predicted octanol–water partition coefficient (Wildman–Crippen LogP) is 0.459. The first-order valence-corrected chi connectivity index (χ1v) is 5.34. The lowest BCUT2D eigenvalue weighted by Crippen LogP contribution is -2.07. The number of nitrogens with two attached hydrogens (primary N) is 1. The van der Waals surface area contributed by atoms with Gasteiger partial charge in [0.1, 0.15) is 0 Å². The molecule has 5 heteroatoms. The Labute approximate surface area is 82.0 Å². The summed E-state index contributed by atoms with van der Waals surface area (Å²) in [6.07, 6.45) is 0.822. The van der Waals surface area contributed by atoms with Crippen LogP contribution in [0.3, 0.4) is 0 Å². The van der Waals surface area contributed by atoms with Crippen molar-refractivity contribution in [1.82, 2.24) is 0 Å². The number of sulfone groups is 1. The summed E-state index contributed by atoms with van der Waals surface area (Å²) < 4.78 is 22.9. The molecule has 0 bridgehead atoms. The SMILES string of the molecule is NC(=O)/C=C/S(=O)(=O)c1ccccc1. The summed E-state index contributed by atoms with van der Waals surface area (Å²) in [4.78, 5) is 10.5. The maximum atomic E-state index is 11.4. The van der Waals surface area contributed by atoms with Crippen LogP contribution in [-0.2, 0) is 14.6 Å². The number of amides is 1. The lowest BCUT2D eigenvalue weighted by Gasteiger charge is -1.96. The van der Waals surface area contributed by atoms with Gasteiger partial charge in [-0.15, -0.1) is 0 Å². The van der Waals surface area contributed by atoms with Gasteiger partial charge in [0.15, 0.2) is 9.84 Å². The summed E-state index contributed by atoms with van der Waals surface area (Å²) >= 11 is 0. The van der Waals surface area contributed by atoms with E-state index in [2.05, 4.69) is 0 Å². The van der Waals surface area contributed by atoms with Crippen LogP contribution < -0.4 is 5.73 Å². The zero-order valence-electron chi connectivity index (χ0n) is 7.25. The molecule has 0 atom stereocenters. The highest BCUT2D eigenvalue weighted by Gasteiger charge is 2.08. The average Bonchev–Trinajstić information content (AvgIpc) is 2.16. The van der Waals surface area contributed by atoms with Gasteiger partial charge in [-0.1, -0.05) is 18.2 Å². The third kappa shape index (κ3) is 2.70. The summed E-state index contributed by atoms with van der Waals surface area (Å²) in [5, 5.41) is 0.796. The van der Waals surface area contributed by atoms with E-state index in [1.165, 1.54) is 12.1 Å². The Morgan fingerprint density at radius 3 is 2.29 bits per heavy atom. The van der Waals surface area contributed by atoms with E-state index in [-0.39, 0.29) is 4.90 Å². The lowest BCUT2D eigenvalue weighted by atomic mass is 10.4. The van der Waals surface area contributed by atoms with E-state index in [1.807, 2.05) is 0 Å². The number of carbonyl (C=O) groups excluding carboxylic acids is 1. The normalized spacial score (nSPS) is 11.7. The molecule has 0 saturated carbocycles. The van der Waals surface area contributed by atoms with Crippen molar-refractivity contribution in [1.29, 1.82) is 0 Å². The van der Waals surface area contributed by atoms with Crippen molar-refractivity contribution in [3.63, 3.8) is 0 Å². The second-order valence-corrected chi connectivity index (χ2v) is 4.40. The smallest absolute Gasteiger partial charge is 0.242 e. The molecule has 1 aromatic rings. The number of carbonyl (C=O) groups is 1. The molecule has 0 unspecified atom stereocenters. The third-order valence-corrected chi connectivity index (χ3v) is 2.91. The number of primary amides is 1. The Bertz CT molecular complexity index is 448. The van der Waals surface area contributed by atoms with Gasteiger partial charge in [0.05, 0.1) is 4.90 Å². The van der Waals surface area contributed by atoms with Crippen molar-refractivity contribution in [3.05, 3.63) is 41.8 Å². The van der Waals surface area contributed by atoms with Crippen LogP contribution in [0, 0.1) is 0 Å². The molecule has 0 heterocycles. The first-order chi connectivity index (χ1) is 6.52. The molecule has 1 amide bonds. The summed E-state index contributed by atoms with van der Waals surface area (Å²) in [6.45, 7) is 0. The molecule has 1 aromatic carbocycles. The Hall–Kier alpha value is -1.62. The summed E-state index contributed by atoms with van der Waals surface area (Å²) in [5.74, 6) is -0.787. The fraction of sp³-hybridized carbons (Fsp3) is 0. The Morgan fingerprint density at radius 2 is 1.79 bits per heavy atom. The van der Waals surface area contributed by atoms with Gasteiger partial charge in [-0.2, -0.15) is 0 Å². The molecular weight excluding hydrogens is 202 g/mol. The number of hydrogen-bond donors (Lipinski definition) is 1. The molecule has 0 aliphatic heterocycles.